The molecule has 22 heavy (non-hydrogen) atoms. The summed E-state index contributed by atoms with van der Waals surface area (Å²) in [6.07, 6.45) is 0.184. The number of nitrogens with zero attached hydrogens (tertiary/aromatic N) is 4. The van der Waals surface area contributed by atoms with Gasteiger partial charge >= 0.3 is 0 Å². The summed E-state index contributed by atoms with van der Waals surface area (Å²) in [4.78, 5) is 0. The topological polar surface area (TPSA) is 74.7 Å². The zero-order valence-corrected chi connectivity index (χ0v) is 11.9. The fourth-order valence-electron chi connectivity index (χ4n) is 1.91. The van der Waals surface area contributed by atoms with Crippen molar-refractivity contribution in [2.24, 2.45) is 5.10 Å². The van der Waals surface area contributed by atoms with E-state index in [2.05, 4.69) is 25.5 Å². The van der Waals surface area contributed by atoms with E-state index in [4.69, 9.17) is 12.2 Å². The summed E-state index contributed by atoms with van der Waals surface area (Å²) >= 11 is 4.89. The highest BCUT2D eigenvalue weighted by Gasteiger charge is 2.16. The molecule has 112 valence electrons. The van der Waals surface area contributed by atoms with Crippen molar-refractivity contribution in [2.45, 2.75) is 6.43 Å². The van der Waals surface area contributed by atoms with Crippen LogP contribution in [0.5, 0.6) is 0 Å². The van der Waals surface area contributed by atoms with Crippen molar-refractivity contribution in [2.75, 3.05) is 0 Å². The Balaban J connectivity index is 1.97. The van der Waals surface area contributed by atoms with Crippen LogP contribution in [0.1, 0.15) is 17.8 Å². The predicted octanol–water partition coefficient (Wildman–Crippen LogP) is 3.15. The first-order valence-corrected chi connectivity index (χ1v) is 6.66. The van der Waals surface area contributed by atoms with E-state index in [1.165, 1.54) is 6.21 Å². The van der Waals surface area contributed by atoms with Crippen LogP contribution in [-0.4, -0.2) is 31.3 Å². The Morgan fingerprint density at radius 1 is 1.23 bits per heavy atom. The molecule has 0 unspecified atom stereocenters. The van der Waals surface area contributed by atoms with Gasteiger partial charge in [-0.3, -0.25) is 5.10 Å². The van der Waals surface area contributed by atoms with E-state index in [0.29, 0.717) is 5.56 Å². The van der Waals surface area contributed by atoms with Crippen molar-refractivity contribution >= 4 is 18.4 Å². The first-order chi connectivity index (χ1) is 10.7. The van der Waals surface area contributed by atoms with Gasteiger partial charge in [-0.2, -0.15) is 20.0 Å². The first-order valence-electron chi connectivity index (χ1n) is 6.25. The number of benzene rings is 1. The molecule has 2 N–H and O–H groups in total. The minimum atomic E-state index is -2.77. The molecule has 2 heterocycles. The second-order valence-electron chi connectivity index (χ2n) is 4.31. The summed E-state index contributed by atoms with van der Waals surface area (Å²) < 4.78 is 26.5. The molecule has 3 rings (SSSR count). The summed E-state index contributed by atoms with van der Waals surface area (Å²) in [7, 11) is 0. The van der Waals surface area contributed by atoms with Crippen LogP contribution in [0.15, 0.2) is 41.6 Å². The van der Waals surface area contributed by atoms with Crippen molar-refractivity contribution in [1.29, 1.82) is 0 Å². The van der Waals surface area contributed by atoms with Gasteiger partial charge in [-0.1, -0.05) is 30.3 Å². The lowest BCUT2D eigenvalue weighted by Gasteiger charge is -2.00. The van der Waals surface area contributed by atoms with E-state index < -0.39 is 12.2 Å². The van der Waals surface area contributed by atoms with Crippen molar-refractivity contribution in [3.63, 3.8) is 0 Å². The minimum Gasteiger partial charge on any atom is -0.277 e. The highest BCUT2D eigenvalue weighted by molar-refractivity contribution is 7.71. The van der Waals surface area contributed by atoms with Gasteiger partial charge in [0.15, 0.2) is 0 Å². The second-order valence-corrected chi connectivity index (χ2v) is 4.70. The Labute approximate surface area is 128 Å². The maximum Gasteiger partial charge on any atom is 0.299 e. The van der Waals surface area contributed by atoms with Crippen LogP contribution in [0.25, 0.3) is 11.3 Å². The summed E-state index contributed by atoms with van der Waals surface area (Å²) in [5.41, 5.74) is 2.29. The number of aromatic amines is 2. The number of aromatic nitrogens is 5. The van der Waals surface area contributed by atoms with E-state index in [0.717, 1.165) is 15.9 Å². The normalized spacial score (nSPS) is 11.6. The van der Waals surface area contributed by atoms with Crippen LogP contribution in [0.4, 0.5) is 8.78 Å². The van der Waals surface area contributed by atoms with Gasteiger partial charge in [-0.15, -0.1) is 0 Å². The van der Waals surface area contributed by atoms with Crippen molar-refractivity contribution in [3.05, 3.63) is 52.7 Å². The minimum absolute atomic E-state index is 0.00342. The molecule has 2 aromatic heterocycles. The maximum atomic E-state index is 12.8. The number of alkyl halides is 2. The molecule has 0 aliphatic heterocycles. The molecule has 0 radical (unpaired) electrons. The van der Waals surface area contributed by atoms with Gasteiger partial charge < -0.3 is 0 Å². The number of halogens is 2. The van der Waals surface area contributed by atoms with Gasteiger partial charge in [0.2, 0.25) is 10.6 Å². The van der Waals surface area contributed by atoms with Crippen LogP contribution in [0.2, 0.25) is 0 Å². The van der Waals surface area contributed by atoms with Gasteiger partial charge in [0.1, 0.15) is 0 Å². The van der Waals surface area contributed by atoms with E-state index in [-0.39, 0.29) is 4.77 Å². The fourth-order valence-corrected chi connectivity index (χ4v) is 2.09. The Kier molecular flexibility index (Phi) is 3.88. The monoisotopic (exact) mass is 320 g/mol. The third-order valence-electron chi connectivity index (χ3n) is 2.91. The number of nitrogens with one attached hydrogen (secondary N) is 2. The molecule has 0 spiro atoms. The molecule has 9 heteroatoms. The Morgan fingerprint density at radius 3 is 2.73 bits per heavy atom. The van der Waals surface area contributed by atoms with Crippen LogP contribution < -0.4 is 0 Å². The standard InChI is InChI=1S/C13H10F2N6S/c14-11(15)12-19-20-13(22)21(12)17-7-9-6-16-18-10(9)8-4-2-1-3-5-8/h1-7,11H,(H,16,18)(H,20,22). The third kappa shape index (κ3) is 2.70. The molecular weight excluding hydrogens is 310 g/mol. The van der Waals surface area contributed by atoms with Gasteiger partial charge in [0, 0.05) is 11.1 Å². The molecule has 1 aromatic carbocycles. The average Bonchev–Trinajstić information content (AvgIpc) is 3.12. The molecule has 3 aromatic rings. The summed E-state index contributed by atoms with van der Waals surface area (Å²) in [5.74, 6) is -0.536. The molecule has 0 amide bonds. The van der Waals surface area contributed by atoms with Gasteiger partial charge in [-0.25, -0.2) is 13.9 Å². The lowest BCUT2D eigenvalue weighted by atomic mass is 10.1. The highest BCUT2D eigenvalue weighted by Crippen LogP contribution is 2.20. The lowest BCUT2D eigenvalue weighted by Crippen LogP contribution is -1.99. The molecule has 0 bridgehead atoms. The van der Waals surface area contributed by atoms with Crippen LogP contribution >= 0.6 is 12.2 Å². The summed E-state index contributed by atoms with van der Waals surface area (Å²) in [5, 5.41) is 16.5. The Hall–Kier alpha value is -2.68. The summed E-state index contributed by atoms with van der Waals surface area (Å²) in [6, 6.07) is 9.47. The van der Waals surface area contributed by atoms with Crippen LogP contribution in [0.3, 0.4) is 0 Å². The van der Waals surface area contributed by atoms with Gasteiger partial charge in [0.25, 0.3) is 6.43 Å². The lowest BCUT2D eigenvalue weighted by molar-refractivity contribution is 0.136. The molecule has 0 atom stereocenters. The van der Waals surface area contributed by atoms with Crippen molar-refractivity contribution < 1.29 is 8.78 Å². The average molecular weight is 320 g/mol. The van der Waals surface area contributed by atoms with Crippen molar-refractivity contribution in [1.82, 2.24) is 25.1 Å². The van der Waals surface area contributed by atoms with Crippen LogP contribution in [-0.2, 0) is 0 Å². The maximum absolute atomic E-state index is 12.8. The number of rotatable bonds is 4. The van der Waals surface area contributed by atoms with E-state index >= 15 is 0 Å². The first kappa shape index (κ1) is 14.3. The largest absolute Gasteiger partial charge is 0.299 e. The number of hydrogen-bond donors (Lipinski definition) is 2. The highest BCUT2D eigenvalue weighted by atomic mass is 32.1. The van der Waals surface area contributed by atoms with Gasteiger partial charge in [0.05, 0.1) is 18.1 Å². The second kappa shape index (κ2) is 5.98. The zero-order chi connectivity index (χ0) is 15.5. The van der Waals surface area contributed by atoms with Crippen LogP contribution in [0, 0.1) is 4.77 Å². The molecule has 0 aliphatic rings. The zero-order valence-electron chi connectivity index (χ0n) is 11.1. The van der Waals surface area contributed by atoms with Gasteiger partial charge in [-0.05, 0) is 12.2 Å². The molecule has 0 fully saturated rings. The molecule has 0 aliphatic carbocycles. The number of hydrogen-bond acceptors (Lipinski definition) is 4. The number of H-pyrrole nitrogens is 2. The Morgan fingerprint density at radius 2 is 2.00 bits per heavy atom. The third-order valence-corrected chi connectivity index (χ3v) is 3.18. The quantitative estimate of drug-likeness (QED) is 0.573. The van der Waals surface area contributed by atoms with E-state index in [1.807, 2.05) is 30.3 Å². The fraction of sp³-hybridized carbons (Fsp3) is 0.0769. The molecular formula is C13H10F2N6S. The smallest absolute Gasteiger partial charge is 0.277 e. The Bertz CT molecular complexity index is 849. The van der Waals surface area contributed by atoms with E-state index in [1.54, 1.807) is 6.20 Å². The SMILES string of the molecule is FC(F)c1n[nH]c(=S)n1N=Cc1cn[nH]c1-c1ccccc1. The molecule has 6 nitrogen and oxygen atoms in total. The van der Waals surface area contributed by atoms with Crippen molar-refractivity contribution in [3.8, 4) is 11.3 Å². The molecule has 0 saturated carbocycles. The van der Waals surface area contributed by atoms with E-state index in [9.17, 15) is 8.78 Å². The predicted molar refractivity (Wildman–Crippen MR) is 79.4 cm³/mol. The summed E-state index contributed by atoms with van der Waals surface area (Å²) in [6.45, 7) is 0. The molecule has 0 saturated heterocycles.